The molecule has 6 heteroatoms. The zero-order valence-electron chi connectivity index (χ0n) is 21.3. The number of esters is 1. The number of hydrogen-bond acceptors (Lipinski definition) is 4. The third-order valence-corrected chi connectivity index (χ3v) is 6.47. The van der Waals surface area contributed by atoms with E-state index in [-0.39, 0.29) is 12.0 Å². The number of carbonyl (C=O) groups excluding carboxylic acids is 2. The lowest BCUT2D eigenvalue weighted by Crippen LogP contribution is -2.35. The monoisotopic (exact) mass is 463 g/mol. The first kappa shape index (κ1) is 25.3. The molecule has 2 aromatic carbocycles. The van der Waals surface area contributed by atoms with Crippen molar-refractivity contribution in [2.45, 2.75) is 59.5 Å². The fourth-order valence-electron chi connectivity index (χ4n) is 4.75. The quantitative estimate of drug-likeness (QED) is 0.278. The van der Waals surface area contributed by atoms with Crippen LogP contribution in [-0.4, -0.2) is 36.6 Å². The molecule has 0 spiro atoms. The Morgan fingerprint density at radius 1 is 1.15 bits per heavy atom. The van der Waals surface area contributed by atoms with Gasteiger partial charge in [0.25, 0.3) is 0 Å². The lowest BCUT2D eigenvalue weighted by Gasteiger charge is -2.33. The largest absolute Gasteiger partial charge is 0.466 e. The van der Waals surface area contributed by atoms with E-state index in [1.807, 2.05) is 40.1 Å². The van der Waals surface area contributed by atoms with Crippen molar-refractivity contribution in [2.24, 2.45) is 7.05 Å². The van der Waals surface area contributed by atoms with Gasteiger partial charge in [-0.1, -0.05) is 31.5 Å². The highest BCUT2D eigenvalue weighted by atomic mass is 16.5. The summed E-state index contributed by atoms with van der Waals surface area (Å²) in [4.78, 5) is 28.6. The number of amides is 1. The maximum atomic E-state index is 12.4. The van der Waals surface area contributed by atoms with E-state index < -0.39 is 0 Å². The van der Waals surface area contributed by atoms with E-state index in [4.69, 9.17) is 4.74 Å². The second-order valence-corrected chi connectivity index (χ2v) is 9.02. The van der Waals surface area contributed by atoms with E-state index in [1.165, 1.54) is 10.9 Å². The second kappa shape index (κ2) is 11.2. The van der Waals surface area contributed by atoms with Gasteiger partial charge in [0.2, 0.25) is 6.41 Å². The van der Waals surface area contributed by atoms with Crippen molar-refractivity contribution < 1.29 is 14.3 Å². The summed E-state index contributed by atoms with van der Waals surface area (Å²) in [6.45, 7) is 8.93. The zero-order chi connectivity index (χ0) is 24.8. The summed E-state index contributed by atoms with van der Waals surface area (Å²) in [5, 5.41) is 1.19. The molecule has 0 bridgehead atoms. The smallest absolute Gasteiger partial charge is 0.307 e. The number of aryl methyl sites for hydroxylation is 3. The van der Waals surface area contributed by atoms with Crippen LogP contribution in [0.1, 0.15) is 49.8 Å². The van der Waals surface area contributed by atoms with Crippen molar-refractivity contribution in [3.63, 3.8) is 0 Å². The number of nitrogens with zero attached hydrogens (tertiary/aromatic N) is 3. The van der Waals surface area contributed by atoms with Gasteiger partial charge in [-0.25, -0.2) is 0 Å². The molecule has 1 atom stereocenters. The molecule has 1 aromatic heterocycles. The Labute approximate surface area is 203 Å². The van der Waals surface area contributed by atoms with Gasteiger partial charge >= 0.3 is 5.97 Å². The summed E-state index contributed by atoms with van der Waals surface area (Å²) in [6, 6.07) is 12.4. The van der Waals surface area contributed by atoms with Gasteiger partial charge in [-0.2, -0.15) is 0 Å². The fraction of sp³-hybridized carbons (Fsp3) is 0.429. The standard InChI is InChI=1S/C28H37N3O3/c1-7-10-23(16-27(33)34-8-2)30(6)26-15-20(3)13-14-24(26)31(19-32)18-22-17-29(5)25-12-9-11-21(4)28(22)25/h9,11-15,17,19,23H,7-8,10,16,18H2,1-6H3. The highest BCUT2D eigenvalue weighted by Gasteiger charge is 2.24. The molecule has 1 unspecified atom stereocenters. The van der Waals surface area contributed by atoms with E-state index >= 15 is 0 Å². The van der Waals surface area contributed by atoms with Crippen LogP contribution in [0.15, 0.2) is 42.6 Å². The van der Waals surface area contributed by atoms with Gasteiger partial charge in [0.05, 0.1) is 30.9 Å². The third kappa shape index (κ3) is 5.44. The minimum Gasteiger partial charge on any atom is -0.466 e. The third-order valence-electron chi connectivity index (χ3n) is 6.47. The maximum absolute atomic E-state index is 12.4. The van der Waals surface area contributed by atoms with Crippen LogP contribution >= 0.6 is 0 Å². The van der Waals surface area contributed by atoms with Gasteiger partial charge < -0.3 is 19.1 Å². The first-order valence-electron chi connectivity index (χ1n) is 12.0. The lowest BCUT2D eigenvalue weighted by molar-refractivity contribution is -0.143. The SMILES string of the molecule is CCCC(CC(=O)OCC)N(C)c1cc(C)ccc1N(C=O)Cc1cn(C)c2cccc(C)c12. The molecular formula is C28H37N3O3. The van der Waals surface area contributed by atoms with E-state index in [0.717, 1.165) is 47.3 Å². The molecule has 3 aromatic rings. The minimum absolute atomic E-state index is 0.0158. The number of fused-ring (bicyclic) bond motifs is 1. The molecule has 0 N–H and O–H groups in total. The molecule has 0 fully saturated rings. The number of hydrogen-bond donors (Lipinski definition) is 0. The van der Waals surface area contributed by atoms with Crippen LogP contribution < -0.4 is 9.80 Å². The molecule has 3 rings (SSSR count). The van der Waals surface area contributed by atoms with Crippen molar-refractivity contribution in [1.82, 2.24) is 4.57 Å². The van der Waals surface area contributed by atoms with E-state index in [2.05, 4.69) is 53.8 Å². The van der Waals surface area contributed by atoms with Crippen LogP contribution in [0, 0.1) is 13.8 Å². The van der Waals surface area contributed by atoms with Gasteiger partial charge in [-0.15, -0.1) is 0 Å². The van der Waals surface area contributed by atoms with Crippen LogP contribution in [0.25, 0.3) is 10.9 Å². The first-order chi connectivity index (χ1) is 16.3. The maximum Gasteiger partial charge on any atom is 0.307 e. The highest BCUT2D eigenvalue weighted by molar-refractivity contribution is 5.90. The Hall–Kier alpha value is -3.28. The summed E-state index contributed by atoms with van der Waals surface area (Å²) in [7, 11) is 4.04. The van der Waals surface area contributed by atoms with Crippen molar-refractivity contribution >= 4 is 34.7 Å². The normalized spacial score (nSPS) is 11.9. The van der Waals surface area contributed by atoms with Crippen molar-refractivity contribution in [1.29, 1.82) is 0 Å². The number of anilines is 2. The average molecular weight is 464 g/mol. The van der Waals surface area contributed by atoms with E-state index in [9.17, 15) is 9.59 Å². The Morgan fingerprint density at radius 3 is 2.59 bits per heavy atom. The molecule has 0 aliphatic carbocycles. The Balaban J connectivity index is 1.99. The molecule has 1 heterocycles. The lowest BCUT2D eigenvalue weighted by atomic mass is 10.0. The summed E-state index contributed by atoms with van der Waals surface area (Å²) >= 11 is 0. The summed E-state index contributed by atoms with van der Waals surface area (Å²) in [6.07, 6.45) is 5.12. The molecule has 0 aliphatic heterocycles. The molecule has 0 saturated carbocycles. The van der Waals surface area contributed by atoms with Crippen molar-refractivity contribution in [3.05, 3.63) is 59.3 Å². The number of benzene rings is 2. The van der Waals surface area contributed by atoms with Crippen molar-refractivity contribution in [3.8, 4) is 0 Å². The highest BCUT2D eigenvalue weighted by Crippen LogP contribution is 2.34. The number of rotatable bonds is 11. The molecule has 6 nitrogen and oxygen atoms in total. The van der Waals surface area contributed by atoms with Gasteiger partial charge in [-0.05, 0) is 62.1 Å². The molecule has 34 heavy (non-hydrogen) atoms. The van der Waals surface area contributed by atoms with Gasteiger partial charge in [0.15, 0.2) is 0 Å². The Bertz CT molecular complexity index is 1150. The van der Waals surface area contributed by atoms with Crippen LogP contribution in [0.5, 0.6) is 0 Å². The van der Waals surface area contributed by atoms with E-state index in [1.54, 1.807) is 4.90 Å². The number of ether oxygens (including phenoxy) is 1. The molecule has 0 aliphatic rings. The summed E-state index contributed by atoms with van der Waals surface area (Å²) < 4.78 is 7.34. The summed E-state index contributed by atoms with van der Waals surface area (Å²) in [5.74, 6) is -0.194. The molecule has 0 radical (unpaired) electrons. The topological polar surface area (TPSA) is 54.8 Å². The van der Waals surface area contributed by atoms with Crippen LogP contribution in [0.2, 0.25) is 0 Å². The fourth-order valence-corrected chi connectivity index (χ4v) is 4.75. The second-order valence-electron chi connectivity index (χ2n) is 9.02. The molecule has 0 saturated heterocycles. The van der Waals surface area contributed by atoms with Gasteiger partial charge in [-0.3, -0.25) is 9.59 Å². The van der Waals surface area contributed by atoms with E-state index in [0.29, 0.717) is 19.6 Å². The van der Waals surface area contributed by atoms with Crippen LogP contribution in [-0.2, 0) is 27.9 Å². The van der Waals surface area contributed by atoms with Gasteiger partial charge in [0.1, 0.15) is 0 Å². The Morgan fingerprint density at radius 2 is 1.91 bits per heavy atom. The number of aromatic nitrogens is 1. The number of carbonyl (C=O) groups is 2. The van der Waals surface area contributed by atoms with Crippen molar-refractivity contribution in [2.75, 3.05) is 23.5 Å². The molecule has 1 amide bonds. The first-order valence-corrected chi connectivity index (χ1v) is 12.0. The predicted molar refractivity (Wildman–Crippen MR) is 139 cm³/mol. The van der Waals surface area contributed by atoms with Crippen LogP contribution in [0.4, 0.5) is 11.4 Å². The summed E-state index contributed by atoms with van der Waals surface area (Å²) in [5.41, 5.74) is 6.32. The van der Waals surface area contributed by atoms with Crippen LogP contribution in [0.3, 0.4) is 0 Å². The average Bonchev–Trinajstić information content (AvgIpc) is 3.13. The molecular weight excluding hydrogens is 426 g/mol. The minimum atomic E-state index is -0.194. The Kier molecular flexibility index (Phi) is 8.37. The predicted octanol–water partition coefficient (Wildman–Crippen LogP) is 5.52. The zero-order valence-corrected chi connectivity index (χ0v) is 21.3. The molecule has 182 valence electrons. The van der Waals surface area contributed by atoms with Gasteiger partial charge in [0, 0.05) is 37.2 Å².